The fourth-order valence-electron chi connectivity index (χ4n) is 1.66. The molecule has 0 radical (unpaired) electrons. The molecule has 0 saturated carbocycles. The van der Waals surface area contributed by atoms with Gasteiger partial charge in [-0.1, -0.05) is 35.9 Å². The summed E-state index contributed by atoms with van der Waals surface area (Å²) in [6, 6.07) is 12.9. The third-order valence-corrected chi connectivity index (χ3v) is 2.94. The number of rotatable bonds is 4. The summed E-state index contributed by atoms with van der Waals surface area (Å²) in [6.45, 7) is 0.330. The third kappa shape index (κ3) is 5.28. The molecule has 0 aliphatic heterocycles. The van der Waals surface area contributed by atoms with Crippen LogP contribution in [0, 0.1) is 5.82 Å². The summed E-state index contributed by atoms with van der Waals surface area (Å²) in [7, 11) is 0. The average molecular weight is 305 g/mol. The summed E-state index contributed by atoms with van der Waals surface area (Å²) in [5, 5.41) is 5.89. The molecule has 0 aromatic heterocycles. The van der Waals surface area contributed by atoms with Crippen LogP contribution in [0.5, 0.6) is 0 Å². The van der Waals surface area contributed by atoms with E-state index in [1.165, 1.54) is 18.3 Å². The highest BCUT2D eigenvalue weighted by atomic mass is 35.5. The molecule has 108 valence electrons. The second-order valence-electron chi connectivity index (χ2n) is 4.34. The molecular weight excluding hydrogens is 291 g/mol. The molecule has 0 spiro atoms. The minimum atomic E-state index is -0.336. The van der Waals surface area contributed by atoms with Crippen molar-refractivity contribution in [3.05, 3.63) is 76.7 Å². The molecular formula is C16H14ClFN2O. The number of nitrogens with one attached hydrogen (secondary N) is 2. The Hall–Kier alpha value is -2.33. The molecule has 0 fully saturated rings. The number of hydrogen-bond acceptors (Lipinski definition) is 1. The van der Waals surface area contributed by atoms with Gasteiger partial charge in [0.2, 0.25) is 0 Å². The predicted molar refractivity (Wildman–Crippen MR) is 82.3 cm³/mol. The molecule has 2 amide bonds. The van der Waals surface area contributed by atoms with Gasteiger partial charge in [-0.3, -0.25) is 0 Å². The molecule has 0 unspecified atom stereocenters. The van der Waals surface area contributed by atoms with E-state index < -0.39 is 0 Å². The number of carbonyl (C=O) groups is 1. The first-order valence-corrected chi connectivity index (χ1v) is 6.72. The first-order chi connectivity index (χ1) is 10.1. The second-order valence-corrected chi connectivity index (χ2v) is 4.78. The Kier molecular flexibility index (Phi) is 5.35. The summed E-state index contributed by atoms with van der Waals surface area (Å²) < 4.78 is 12.7. The molecule has 0 aliphatic rings. The van der Waals surface area contributed by atoms with Crippen LogP contribution in [-0.4, -0.2) is 6.03 Å². The average Bonchev–Trinajstić information content (AvgIpc) is 2.47. The Morgan fingerprint density at radius 3 is 2.67 bits per heavy atom. The van der Waals surface area contributed by atoms with Crippen molar-refractivity contribution in [2.75, 3.05) is 0 Å². The lowest BCUT2D eigenvalue weighted by atomic mass is 10.2. The Morgan fingerprint density at radius 1 is 1.19 bits per heavy atom. The largest absolute Gasteiger partial charge is 0.334 e. The van der Waals surface area contributed by atoms with E-state index in [1.807, 2.05) is 12.1 Å². The second kappa shape index (κ2) is 7.45. The Balaban J connectivity index is 1.78. The van der Waals surface area contributed by atoms with Gasteiger partial charge in [0.05, 0.1) is 0 Å². The van der Waals surface area contributed by atoms with Crippen LogP contribution >= 0.6 is 11.6 Å². The lowest BCUT2D eigenvalue weighted by Gasteiger charge is -2.04. The maximum absolute atomic E-state index is 12.7. The van der Waals surface area contributed by atoms with Crippen molar-refractivity contribution in [2.24, 2.45) is 0 Å². The number of benzene rings is 2. The third-order valence-electron chi connectivity index (χ3n) is 2.71. The van der Waals surface area contributed by atoms with Crippen molar-refractivity contribution < 1.29 is 9.18 Å². The van der Waals surface area contributed by atoms with Gasteiger partial charge in [0.1, 0.15) is 5.82 Å². The fraction of sp³-hybridized carbons (Fsp3) is 0.0625. The lowest BCUT2D eigenvalue weighted by molar-refractivity contribution is 0.244. The molecule has 2 N–H and O–H groups in total. The van der Waals surface area contributed by atoms with E-state index >= 15 is 0 Å². The van der Waals surface area contributed by atoms with Gasteiger partial charge < -0.3 is 10.6 Å². The number of carbonyl (C=O) groups excluding carboxylic acids is 1. The molecule has 5 heteroatoms. The van der Waals surface area contributed by atoms with E-state index in [4.69, 9.17) is 11.6 Å². The topological polar surface area (TPSA) is 41.1 Å². The summed E-state index contributed by atoms with van der Waals surface area (Å²) in [4.78, 5) is 11.6. The van der Waals surface area contributed by atoms with Crippen LogP contribution < -0.4 is 10.6 Å². The van der Waals surface area contributed by atoms with E-state index in [9.17, 15) is 9.18 Å². The van der Waals surface area contributed by atoms with E-state index in [0.29, 0.717) is 11.6 Å². The number of amides is 2. The number of hydrogen-bond donors (Lipinski definition) is 2. The molecule has 0 heterocycles. The molecule has 0 atom stereocenters. The normalized spacial score (nSPS) is 10.6. The Morgan fingerprint density at radius 2 is 1.95 bits per heavy atom. The number of urea groups is 1. The molecule has 2 aromatic rings. The first-order valence-electron chi connectivity index (χ1n) is 6.34. The minimum Gasteiger partial charge on any atom is -0.334 e. The van der Waals surface area contributed by atoms with Crippen LogP contribution in [-0.2, 0) is 6.54 Å². The highest BCUT2D eigenvalue weighted by Gasteiger charge is 1.98. The summed E-state index contributed by atoms with van der Waals surface area (Å²) in [5.74, 6) is -0.298. The maximum Gasteiger partial charge on any atom is 0.319 e. The molecule has 3 nitrogen and oxygen atoms in total. The van der Waals surface area contributed by atoms with Gasteiger partial charge in [-0.2, -0.15) is 0 Å². The van der Waals surface area contributed by atoms with Crippen molar-refractivity contribution >= 4 is 23.7 Å². The van der Waals surface area contributed by atoms with E-state index in [1.54, 1.807) is 30.3 Å². The van der Waals surface area contributed by atoms with Crippen molar-refractivity contribution in [1.29, 1.82) is 0 Å². The highest BCUT2D eigenvalue weighted by Crippen LogP contribution is 2.11. The van der Waals surface area contributed by atoms with Crippen molar-refractivity contribution in [3.8, 4) is 0 Å². The van der Waals surface area contributed by atoms with Crippen molar-refractivity contribution in [2.45, 2.75) is 6.54 Å². The van der Waals surface area contributed by atoms with Gasteiger partial charge in [0.25, 0.3) is 0 Å². The molecule has 21 heavy (non-hydrogen) atoms. The maximum atomic E-state index is 12.7. The van der Waals surface area contributed by atoms with E-state index in [0.717, 1.165) is 11.1 Å². The summed E-state index contributed by atoms with van der Waals surface area (Å²) >= 11 is 5.85. The Labute approximate surface area is 127 Å². The number of halogens is 2. The lowest BCUT2D eigenvalue weighted by Crippen LogP contribution is -2.31. The molecule has 0 bridgehead atoms. The van der Waals surface area contributed by atoms with Crippen LogP contribution in [0.15, 0.2) is 54.7 Å². The standard InChI is InChI=1S/C16H14ClFN2O/c17-14-3-1-2-12(10-14)8-9-19-16(21)20-11-13-4-6-15(18)7-5-13/h1-10H,11H2,(H2,19,20,21)/b9-8+. The van der Waals surface area contributed by atoms with Gasteiger partial charge in [-0.15, -0.1) is 0 Å². The fourth-order valence-corrected chi connectivity index (χ4v) is 1.86. The van der Waals surface area contributed by atoms with Crippen LogP contribution in [0.4, 0.5) is 9.18 Å². The minimum absolute atomic E-state index is 0.298. The zero-order valence-corrected chi connectivity index (χ0v) is 11.9. The van der Waals surface area contributed by atoms with Gasteiger partial charge in [0, 0.05) is 17.8 Å². The summed E-state index contributed by atoms with van der Waals surface area (Å²) in [6.07, 6.45) is 3.27. The summed E-state index contributed by atoms with van der Waals surface area (Å²) in [5.41, 5.74) is 1.71. The van der Waals surface area contributed by atoms with E-state index in [2.05, 4.69) is 10.6 Å². The zero-order valence-electron chi connectivity index (χ0n) is 11.1. The van der Waals surface area contributed by atoms with Gasteiger partial charge in [0.15, 0.2) is 0 Å². The molecule has 2 rings (SSSR count). The van der Waals surface area contributed by atoms with Crippen LogP contribution in [0.3, 0.4) is 0 Å². The van der Waals surface area contributed by atoms with E-state index in [-0.39, 0.29) is 11.8 Å². The van der Waals surface area contributed by atoms with Crippen LogP contribution in [0.1, 0.15) is 11.1 Å². The van der Waals surface area contributed by atoms with Crippen LogP contribution in [0.25, 0.3) is 6.08 Å². The van der Waals surface area contributed by atoms with Gasteiger partial charge >= 0.3 is 6.03 Å². The molecule has 0 aliphatic carbocycles. The van der Waals surface area contributed by atoms with Crippen molar-refractivity contribution in [3.63, 3.8) is 0 Å². The van der Waals surface area contributed by atoms with Gasteiger partial charge in [-0.25, -0.2) is 9.18 Å². The van der Waals surface area contributed by atoms with Crippen molar-refractivity contribution in [1.82, 2.24) is 10.6 Å². The molecule has 0 saturated heterocycles. The highest BCUT2D eigenvalue weighted by molar-refractivity contribution is 6.30. The molecule has 2 aromatic carbocycles. The zero-order chi connectivity index (χ0) is 15.1. The van der Waals surface area contributed by atoms with Gasteiger partial charge in [-0.05, 0) is 41.5 Å². The quantitative estimate of drug-likeness (QED) is 0.882. The van der Waals surface area contributed by atoms with Crippen LogP contribution in [0.2, 0.25) is 5.02 Å². The predicted octanol–water partition coefficient (Wildman–Crippen LogP) is 3.95. The first kappa shape index (κ1) is 15.1. The smallest absolute Gasteiger partial charge is 0.319 e. The monoisotopic (exact) mass is 304 g/mol. The SMILES string of the molecule is O=C(N/C=C/c1cccc(Cl)c1)NCc1ccc(F)cc1. The Bertz CT molecular complexity index is 641.